The van der Waals surface area contributed by atoms with Crippen LogP contribution in [0.5, 0.6) is 0 Å². The summed E-state index contributed by atoms with van der Waals surface area (Å²) in [6.45, 7) is 13.6. The zero-order valence-corrected chi connectivity index (χ0v) is 14.5. The van der Waals surface area contributed by atoms with Crippen molar-refractivity contribution in [1.29, 1.82) is 0 Å². The van der Waals surface area contributed by atoms with Crippen molar-refractivity contribution in [2.75, 3.05) is 32.7 Å². The molecule has 1 aliphatic rings. The van der Waals surface area contributed by atoms with Crippen LogP contribution in [0.1, 0.15) is 53.4 Å². The molecule has 0 aromatic rings. The van der Waals surface area contributed by atoms with Gasteiger partial charge in [-0.2, -0.15) is 0 Å². The van der Waals surface area contributed by atoms with Gasteiger partial charge in [-0.15, -0.1) is 0 Å². The van der Waals surface area contributed by atoms with Crippen LogP contribution in [0.4, 0.5) is 0 Å². The van der Waals surface area contributed by atoms with E-state index in [1.54, 1.807) is 0 Å². The number of amides is 1. The molecule has 1 heterocycles. The molecule has 0 aromatic heterocycles. The Labute approximate surface area is 131 Å². The third kappa shape index (κ3) is 8.42. The lowest BCUT2D eigenvalue weighted by molar-refractivity contribution is -0.123. The van der Waals surface area contributed by atoms with Crippen molar-refractivity contribution >= 4 is 5.91 Å². The molecule has 1 fully saturated rings. The fourth-order valence-electron chi connectivity index (χ4n) is 2.88. The van der Waals surface area contributed by atoms with Gasteiger partial charge >= 0.3 is 0 Å². The molecule has 124 valence electrons. The van der Waals surface area contributed by atoms with Crippen LogP contribution in [0.2, 0.25) is 0 Å². The van der Waals surface area contributed by atoms with Gasteiger partial charge in [-0.25, -0.2) is 0 Å². The second kappa shape index (κ2) is 10.2. The number of carbonyl (C=O) groups excluding carboxylic acids is 1. The second-order valence-corrected chi connectivity index (χ2v) is 6.97. The van der Waals surface area contributed by atoms with Gasteiger partial charge in [0.15, 0.2) is 0 Å². The molecule has 4 nitrogen and oxygen atoms in total. The summed E-state index contributed by atoms with van der Waals surface area (Å²) in [6.07, 6.45) is 4.68. The molecule has 1 amide bonds. The van der Waals surface area contributed by atoms with E-state index in [4.69, 9.17) is 0 Å². The molecule has 21 heavy (non-hydrogen) atoms. The summed E-state index contributed by atoms with van der Waals surface area (Å²) < 4.78 is 0. The van der Waals surface area contributed by atoms with Crippen molar-refractivity contribution < 1.29 is 4.79 Å². The van der Waals surface area contributed by atoms with Gasteiger partial charge in [-0.3, -0.25) is 9.69 Å². The smallest absolute Gasteiger partial charge is 0.234 e. The molecule has 0 aromatic carbocycles. The van der Waals surface area contributed by atoms with Crippen molar-refractivity contribution in [3.8, 4) is 0 Å². The van der Waals surface area contributed by atoms with Crippen molar-refractivity contribution in [2.24, 2.45) is 11.8 Å². The summed E-state index contributed by atoms with van der Waals surface area (Å²) in [6, 6.07) is 0.297. The van der Waals surface area contributed by atoms with E-state index in [2.05, 4.69) is 43.2 Å². The summed E-state index contributed by atoms with van der Waals surface area (Å²) in [5.74, 6) is 1.69. The minimum Gasteiger partial charge on any atom is -0.353 e. The second-order valence-electron chi connectivity index (χ2n) is 6.97. The first-order valence-electron chi connectivity index (χ1n) is 8.73. The van der Waals surface area contributed by atoms with Crippen LogP contribution in [0.15, 0.2) is 0 Å². The molecule has 0 radical (unpaired) electrons. The maximum absolute atomic E-state index is 12.1. The highest BCUT2D eigenvalue weighted by Crippen LogP contribution is 2.16. The number of rotatable bonds is 9. The van der Waals surface area contributed by atoms with Crippen LogP contribution in [0, 0.1) is 11.8 Å². The van der Waals surface area contributed by atoms with Gasteiger partial charge in [0.1, 0.15) is 0 Å². The first-order chi connectivity index (χ1) is 10.0. The molecule has 1 atom stereocenters. The number of nitrogens with zero attached hydrogens (tertiary/aromatic N) is 1. The first kappa shape index (κ1) is 18.4. The van der Waals surface area contributed by atoms with Crippen LogP contribution in [-0.4, -0.2) is 49.6 Å². The third-order valence-electron chi connectivity index (χ3n) is 4.34. The van der Waals surface area contributed by atoms with Crippen LogP contribution in [0.25, 0.3) is 0 Å². The van der Waals surface area contributed by atoms with Crippen molar-refractivity contribution in [3.05, 3.63) is 0 Å². The van der Waals surface area contributed by atoms with E-state index in [0.717, 1.165) is 38.5 Å². The fourth-order valence-corrected chi connectivity index (χ4v) is 2.88. The number of hydrogen-bond acceptors (Lipinski definition) is 3. The van der Waals surface area contributed by atoms with Crippen molar-refractivity contribution in [3.63, 3.8) is 0 Å². The minimum absolute atomic E-state index is 0.191. The number of likely N-dealkylation sites (tertiary alicyclic amines) is 1. The van der Waals surface area contributed by atoms with Crippen LogP contribution < -0.4 is 10.6 Å². The monoisotopic (exact) mass is 297 g/mol. The van der Waals surface area contributed by atoms with Crippen molar-refractivity contribution in [1.82, 2.24) is 15.5 Å². The lowest BCUT2D eigenvalue weighted by atomic mass is 9.97. The van der Waals surface area contributed by atoms with E-state index in [-0.39, 0.29) is 5.91 Å². The normalized spacial score (nSPS) is 18.9. The summed E-state index contributed by atoms with van der Waals surface area (Å²) in [4.78, 5) is 14.4. The number of carbonyl (C=O) groups is 1. The van der Waals surface area contributed by atoms with Gasteiger partial charge in [0.05, 0.1) is 6.54 Å². The Morgan fingerprint density at radius 2 is 1.86 bits per heavy atom. The minimum atomic E-state index is 0.191. The molecular weight excluding hydrogens is 262 g/mol. The SMILES string of the molecule is CCNCC1CCN(CC(=O)NC(C)CCC(C)C)CC1. The summed E-state index contributed by atoms with van der Waals surface area (Å²) in [7, 11) is 0. The maximum atomic E-state index is 12.1. The zero-order valence-electron chi connectivity index (χ0n) is 14.5. The lowest BCUT2D eigenvalue weighted by Crippen LogP contribution is -2.44. The average Bonchev–Trinajstić information content (AvgIpc) is 2.44. The Bertz CT molecular complexity index is 286. The van der Waals surface area contributed by atoms with Crippen molar-refractivity contribution in [2.45, 2.75) is 59.4 Å². The molecule has 2 N–H and O–H groups in total. The highest BCUT2D eigenvalue weighted by Gasteiger charge is 2.20. The van der Waals surface area contributed by atoms with Gasteiger partial charge < -0.3 is 10.6 Å². The van der Waals surface area contributed by atoms with E-state index in [9.17, 15) is 4.79 Å². The quantitative estimate of drug-likeness (QED) is 0.686. The predicted molar refractivity (Wildman–Crippen MR) is 89.4 cm³/mol. The highest BCUT2D eigenvalue weighted by atomic mass is 16.2. The Balaban J connectivity index is 2.15. The molecule has 4 heteroatoms. The molecule has 1 saturated heterocycles. The van der Waals surface area contributed by atoms with Crippen LogP contribution in [-0.2, 0) is 4.79 Å². The van der Waals surface area contributed by atoms with Gasteiger partial charge in [-0.1, -0.05) is 20.8 Å². The summed E-state index contributed by atoms with van der Waals surface area (Å²) >= 11 is 0. The molecular formula is C17H35N3O. The zero-order chi connectivity index (χ0) is 15.7. The van der Waals surface area contributed by atoms with Crippen LogP contribution in [0.3, 0.4) is 0 Å². The predicted octanol–water partition coefficient (Wildman–Crippen LogP) is 2.25. The molecule has 1 rings (SSSR count). The van der Waals surface area contributed by atoms with Gasteiger partial charge in [0, 0.05) is 6.04 Å². The Hall–Kier alpha value is -0.610. The van der Waals surface area contributed by atoms with Crippen LogP contribution >= 0.6 is 0 Å². The average molecular weight is 297 g/mol. The summed E-state index contributed by atoms with van der Waals surface area (Å²) in [5, 5.41) is 6.56. The number of hydrogen-bond donors (Lipinski definition) is 2. The molecule has 1 aliphatic heterocycles. The molecule has 1 unspecified atom stereocenters. The number of nitrogens with one attached hydrogen (secondary N) is 2. The Morgan fingerprint density at radius 1 is 1.19 bits per heavy atom. The largest absolute Gasteiger partial charge is 0.353 e. The van der Waals surface area contributed by atoms with E-state index >= 15 is 0 Å². The maximum Gasteiger partial charge on any atom is 0.234 e. The van der Waals surface area contributed by atoms with E-state index in [1.165, 1.54) is 19.3 Å². The standard InChI is InChI=1S/C17H35N3O/c1-5-18-12-16-8-10-20(11-9-16)13-17(21)19-15(4)7-6-14(2)3/h14-16,18H,5-13H2,1-4H3,(H,19,21). The third-order valence-corrected chi connectivity index (χ3v) is 4.34. The molecule has 0 spiro atoms. The summed E-state index contributed by atoms with van der Waals surface area (Å²) in [5.41, 5.74) is 0. The van der Waals surface area contributed by atoms with E-state index in [1.807, 2.05) is 0 Å². The molecule has 0 aliphatic carbocycles. The molecule has 0 saturated carbocycles. The number of piperidine rings is 1. The van der Waals surface area contributed by atoms with Gasteiger partial charge in [0.25, 0.3) is 0 Å². The first-order valence-corrected chi connectivity index (χ1v) is 8.73. The van der Waals surface area contributed by atoms with E-state index < -0.39 is 0 Å². The van der Waals surface area contributed by atoms with E-state index in [0.29, 0.717) is 18.5 Å². The Kier molecular flexibility index (Phi) is 8.93. The molecule has 0 bridgehead atoms. The fraction of sp³-hybridized carbons (Fsp3) is 0.941. The van der Waals surface area contributed by atoms with Gasteiger partial charge in [0.2, 0.25) is 5.91 Å². The highest BCUT2D eigenvalue weighted by molar-refractivity contribution is 5.78. The lowest BCUT2D eigenvalue weighted by Gasteiger charge is -2.31. The topological polar surface area (TPSA) is 44.4 Å². The van der Waals surface area contributed by atoms with Gasteiger partial charge in [-0.05, 0) is 70.6 Å². The Morgan fingerprint density at radius 3 is 2.43 bits per heavy atom.